The minimum Gasteiger partial charge on any atom is -0.354 e. The number of carbonyl (C=O) groups excluding carboxylic acids is 1. The summed E-state index contributed by atoms with van der Waals surface area (Å²) >= 11 is 0. The van der Waals surface area contributed by atoms with E-state index in [1.807, 2.05) is 19.3 Å². The van der Waals surface area contributed by atoms with Crippen molar-refractivity contribution in [2.45, 2.75) is 45.8 Å². The van der Waals surface area contributed by atoms with E-state index in [1.165, 1.54) is 5.56 Å². The van der Waals surface area contributed by atoms with Crippen LogP contribution in [0.15, 0.2) is 48.8 Å². The summed E-state index contributed by atoms with van der Waals surface area (Å²) in [4.78, 5) is 14.0. The third-order valence-electron chi connectivity index (χ3n) is 4.02. The third kappa shape index (κ3) is 5.47. The highest BCUT2D eigenvalue weighted by Crippen LogP contribution is 2.07. The average Bonchev–Trinajstić information content (AvgIpc) is 3.01. The van der Waals surface area contributed by atoms with Crippen LogP contribution in [0.4, 0.5) is 4.79 Å². The first kappa shape index (κ1) is 17.1. The van der Waals surface area contributed by atoms with Crippen LogP contribution in [0.5, 0.6) is 0 Å². The Morgan fingerprint density at radius 2 is 1.96 bits per heavy atom. The summed E-state index contributed by atoms with van der Waals surface area (Å²) in [5.74, 6) is 0. The standard InChI is InChI=1S/C19H27N3O/c1-4-22-13-12-18(15-22)14-21(3)19(23)20-16(2)10-11-17-8-6-5-7-9-17/h5-9,12-13,15-16H,4,10-11,14H2,1-3H3,(H,20,23)/t16-/m1/s1. The van der Waals surface area contributed by atoms with Gasteiger partial charge in [0.25, 0.3) is 0 Å². The average molecular weight is 313 g/mol. The van der Waals surface area contributed by atoms with Crippen molar-refractivity contribution < 1.29 is 4.79 Å². The number of aryl methyl sites for hydroxylation is 2. The molecular formula is C19H27N3O. The smallest absolute Gasteiger partial charge is 0.317 e. The molecule has 0 aliphatic carbocycles. The molecule has 2 aromatic rings. The fraction of sp³-hybridized carbons (Fsp3) is 0.421. The number of nitrogens with one attached hydrogen (secondary N) is 1. The van der Waals surface area contributed by atoms with Crippen molar-refractivity contribution in [3.8, 4) is 0 Å². The van der Waals surface area contributed by atoms with Gasteiger partial charge in [0.2, 0.25) is 0 Å². The van der Waals surface area contributed by atoms with Gasteiger partial charge in [-0.15, -0.1) is 0 Å². The Labute approximate surface area is 139 Å². The number of hydrogen-bond donors (Lipinski definition) is 1. The van der Waals surface area contributed by atoms with E-state index in [9.17, 15) is 4.79 Å². The molecule has 0 aliphatic heterocycles. The van der Waals surface area contributed by atoms with Crippen molar-refractivity contribution in [3.63, 3.8) is 0 Å². The number of rotatable bonds is 7. The van der Waals surface area contributed by atoms with Gasteiger partial charge in [-0.25, -0.2) is 4.79 Å². The molecule has 1 aromatic carbocycles. The lowest BCUT2D eigenvalue weighted by Crippen LogP contribution is -2.41. The maximum absolute atomic E-state index is 12.3. The Morgan fingerprint density at radius 3 is 2.61 bits per heavy atom. The van der Waals surface area contributed by atoms with Gasteiger partial charge in [-0.2, -0.15) is 0 Å². The lowest BCUT2D eigenvalue weighted by molar-refractivity contribution is 0.203. The largest absolute Gasteiger partial charge is 0.354 e. The van der Waals surface area contributed by atoms with Gasteiger partial charge < -0.3 is 14.8 Å². The zero-order valence-electron chi connectivity index (χ0n) is 14.3. The maximum atomic E-state index is 12.3. The molecule has 1 N–H and O–H groups in total. The van der Waals surface area contributed by atoms with E-state index >= 15 is 0 Å². The molecular weight excluding hydrogens is 286 g/mol. The summed E-state index contributed by atoms with van der Waals surface area (Å²) in [6, 6.07) is 12.6. The van der Waals surface area contributed by atoms with Gasteiger partial charge in [0.05, 0.1) is 0 Å². The fourth-order valence-corrected chi connectivity index (χ4v) is 2.55. The molecule has 2 rings (SSSR count). The van der Waals surface area contributed by atoms with Crippen molar-refractivity contribution >= 4 is 6.03 Å². The summed E-state index contributed by atoms with van der Waals surface area (Å²) in [6.07, 6.45) is 6.05. The van der Waals surface area contributed by atoms with E-state index in [1.54, 1.807) is 4.90 Å². The number of carbonyl (C=O) groups is 1. The van der Waals surface area contributed by atoms with Crippen LogP contribution in [0.3, 0.4) is 0 Å². The van der Waals surface area contributed by atoms with Gasteiger partial charge in [-0.1, -0.05) is 30.3 Å². The fourth-order valence-electron chi connectivity index (χ4n) is 2.55. The van der Waals surface area contributed by atoms with E-state index in [4.69, 9.17) is 0 Å². The Hall–Kier alpha value is -2.23. The summed E-state index contributed by atoms with van der Waals surface area (Å²) in [6.45, 7) is 5.74. The topological polar surface area (TPSA) is 37.3 Å². The minimum absolute atomic E-state index is 0.0187. The van der Waals surface area contributed by atoms with Crippen molar-refractivity contribution in [1.29, 1.82) is 0 Å². The molecule has 0 spiro atoms. The van der Waals surface area contributed by atoms with Gasteiger partial charge in [0.1, 0.15) is 0 Å². The molecule has 0 saturated carbocycles. The monoisotopic (exact) mass is 313 g/mol. The lowest BCUT2D eigenvalue weighted by Gasteiger charge is -2.21. The zero-order chi connectivity index (χ0) is 16.7. The molecule has 4 heteroatoms. The molecule has 1 atom stereocenters. The van der Waals surface area contributed by atoms with Crippen LogP contribution in [0.25, 0.3) is 0 Å². The van der Waals surface area contributed by atoms with E-state index in [0.29, 0.717) is 6.54 Å². The second-order valence-electron chi connectivity index (χ2n) is 6.08. The Morgan fingerprint density at radius 1 is 1.22 bits per heavy atom. The Kier molecular flexibility index (Phi) is 6.27. The lowest BCUT2D eigenvalue weighted by atomic mass is 10.1. The highest BCUT2D eigenvalue weighted by Gasteiger charge is 2.12. The molecule has 1 aromatic heterocycles. The SMILES string of the molecule is CCn1ccc(CN(C)C(=O)N[C@H](C)CCc2ccccc2)c1. The molecule has 0 saturated heterocycles. The molecule has 1 heterocycles. The normalized spacial score (nSPS) is 12.0. The third-order valence-corrected chi connectivity index (χ3v) is 4.02. The zero-order valence-corrected chi connectivity index (χ0v) is 14.3. The number of hydrogen-bond acceptors (Lipinski definition) is 1. The van der Waals surface area contributed by atoms with Crippen LogP contribution in [0.2, 0.25) is 0 Å². The first-order valence-electron chi connectivity index (χ1n) is 8.28. The number of aromatic nitrogens is 1. The molecule has 23 heavy (non-hydrogen) atoms. The van der Waals surface area contributed by atoms with E-state index < -0.39 is 0 Å². The highest BCUT2D eigenvalue weighted by atomic mass is 16.2. The molecule has 124 valence electrons. The predicted molar refractivity (Wildman–Crippen MR) is 94.3 cm³/mol. The number of amides is 2. The van der Waals surface area contributed by atoms with Gasteiger partial charge >= 0.3 is 6.03 Å². The minimum atomic E-state index is -0.0187. The highest BCUT2D eigenvalue weighted by molar-refractivity contribution is 5.74. The second-order valence-corrected chi connectivity index (χ2v) is 6.08. The summed E-state index contributed by atoms with van der Waals surface area (Å²) in [7, 11) is 1.84. The summed E-state index contributed by atoms with van der Waals surface area (Å²) in [5, 5.41) is 3.07. The Balaban J connectivity index is 1.76. The van der Waals surface area contributed by atoms with Crippen molar-refractivity contribution in [3.05, 3.63) is 59.9 Å². The summed E-state index contributed by atoms with van der Waals surface area (Å²) in [5.41, 5.74) is 2.46. The molecule has 2 amide bonds. The van der Waals surface area contributed by atoms with E-state index in [2.05, 4.69) is 60.3 Å². The molecule has 4 nitrogen and oxygen atoms in total. The number of benzene rings is 1. The van der Waals surface area contributed by atoms with Gasteiger partial charge in [-0.3, -0.25) is 0 Å². The quantitative estimate of drug-likeness (QED) is 0.832. The number of nitrogens with zero attached hydrogens (tertiary/aromatic N) is 2. The van der Waals surface area contributed by atoms with Crippen LogP contribution in [-0.4, -0.2) is 28.6 Å². The van der Waals surface area contributed by atoms with E-state index in [-0.39, 0.29) is 12.1 Å². The first-order chi connectivity index (χ1) is 11.1. The van der Waals surface area contributed by atoms with Gasteiger partial charge in [0, 0.05) is 38.6 Å². The summed E-state index contributed by atoms with van der Waals surface area (Å²) < 4.78 is 2.11. The van der Waals surface area contributed by atoms with Gasteiger partial charge in [0.15, 0.2) is 0 Å². The molecule has 0 unspecified atom stereocenters. The van der Waals surface area contributed by atoms with Crippen LogP contribution in [0, 0.1) is 0 Å². The van der Waals surface area contributed by atoms with Crippen LogP contribution in [0.1, 0.15) is 31.4 Å². The van der Waals surface area contributed by atoms with Crippen LogP contribution < -0.4 is 5.32 Å². The van der Waals surface area contributed by atoms with Crippen molar-refractivity contribution in [1.82, 2.24) is 14.8 Å². The first-order valence-corrected chi connectivity index (χ1v) is 8.28. The molecule has 0 radical (unpaired) electrons. The Bertz CT molecular complexity index is 606. The second kappa shape index (κ2) is 8.42. The molecule has 0 bridgehead atoms. The van der Waals surface area contributed by atoms with Crippen molar-refractivity contribution in [2.75, 3.05) is 7.05 Å². The van der Waals surface area contributed by atoms with Gasteiger partial charge in [-0.05, 0) is 43.9 Å². The maximum Gasteiger partial charge on any atom is 0.317 e. The van der Waals surface area contributed by atoms with E-state index in [0.717, 1.165) is 24.9 Å². The molecule has 0 aliphatic rings. The van der Waals surface area contributed by atoms with Crippen LogP contribution in [-0.2, 0) is 19.5 Å². The predicted octanol–water partition coefficient (Wildman–Crippen LogP) is 3.67. The van der Waals surface area contributed by atoms with Crippen LogP contribution >= 0.6 is 0 Å². The van der Waals surface area contributed by atoms with Crippen molar-refractivity contribution in [2.24, 2.45) is 0 Å². The number of urea groups is 1. The molecule has 0 fully saturated rings.